The smallest absolute Gasteiger partial charge is 0.131 e. The lowest BCUT2D eigenvalue weighted by Crippen LogP contribution is -2.04. The molecule has 4 heteroatoms. The highest BCUT2D eigenvalue weighted by Crippen LogP contribution is 2.34. The average Bonchev–Trinajstić information content (AvgIpc) is 2.94. The van der Waals surface area contributed by atoms with Crippen LogP contribution in [0.15, 0.2) is 24.3 Å². The van der Waals surface area contributed by atoms with E-state index in [0.717, 1.165) is 24.4 Å². The molecule has 3 rings (SSSR count). The molecule has 1 aromatic carbocycles. The molecule has 0 fully saturated rings. The van der Waals surface area contributed by atoms with E-state index in [1.807, 2.05) is 7.05 Å². The monoisotopic (exact) mass is 245 g/mol. The van der Waals surface area contributed by atoms with E-state index in [0.29, 0.717) is 5.92 Å². The Bertz CT molecular complexity index is 496. The van der Waals surface area contributed by atoms with Crippen LogP contribution in [0.25, 0.3) is 0 Å². The van der Waals surface area contributed by atoms with Crippen molar-refractivity contribution in [2.45, 2.75) is 25.3 Å². The van der Waals surface area contributed by atoms with Crippen molar-refractivity contribution < 1.29 is 0 Å². The fourth-order valence-electron chi connectivity index (χ4n) is 2.39. The molecule has 0 amide bonds. The molecule has 0 aliphatic heterocycles. The molecular weight excluding hydrogens is 230 g/mol. The summed E-state index contributed by atoms with van der Waals surface area (Å²) in [5.74, 6) is 0.538. The molecule has 0 unspecified atom stereocenters. The fraction of sp³-hybridized carbons (Fsp3) is 0.385. The third-order valence-electron chi connectivity index (χ3n) is 3.21. The lowest BCUT2D eigenvalue weighted by molar-refractivity contribution is 0.715. The van der Waals surface area contributed by atoms with Gasteiger partial charge in [0.2, 0.25) is 0 Å². The largest absolute Gasteiger partial charge is 0.313 e. The van der Waals surface area contributed by atoms with Gasteiger partial charge in [0.15, 0.2) is 0 Å². The van der Waals surface area contributed by atoms with Gasteiger partial charge in [-0.3, -0.25) is 0 Å². The number of nitrogens with one attached hydrogen (secondary N) is 1. The topological polar surface area (TPSA) is 37.8 Å². The summed E-state index contributed by atoms with van der Waals surface area (Å²) < 4.78 is 0. The molecule has 1 aliphatic rings. The lowest BCUT2D eigenvalue weighted by Gasteiger charge is -2.01. The molecule has 0 saturated carbocycles. The van der Waals surface area contributed by atoms with E-state index in [1.54, 1.807) is 11.3 Å². The molecule has 1 heterocycles. The Balaban J connectivity index is 1.79. The second kappa shape index (κ2) is 4.55. The van der Waals surface area contributed by atoms with E-state index >= 15 is 0 Å². The first kappa shape index (κ1) is 10.9. The maximum atomic E-state index is 4.33. The summed E-state index contributed by atoms with van der Waals surface area (Å²) in [4.78, 5) is 0. The van der Waals surface area contributed by atoms with Crippen molar-refractivity contribution in [2.24, 2.45) is 0 Å². The molecule has 88 valence electrons. The number of rotatable bonds is 3. The molecular formula is C13H15N3S. The summed E-state index contributed by atoms with van der Waals surface area (Å²) in [6.45, 7) is 0.817. The summed E-state index contributed by atoms with van der Waals surface area (Å²) in [5, 5.41) is 13.9. The predicted octanol–water partition coefficient (Wildman–Crippen LogP) is 2.14. The van der Waals surface area contributed by atoms with E-state index < -0.39 is 0 Å². The van der Waals surface area contributed by atoms with E-state index in [4.69, 9.17) is 0 Å². The highest BCUT2D eigenvalue weighted by molar-refractivity contribution is 7.11. The van der Waals surface area contributed by atoms with Crippen LogP contribution in [0.4, 0.5) is 0 Å². The summed E-state index contributed by atoms with van der Waals surface area (Å²) >= 11 is 1.74. The highest BCUT2D eigenvalue weighted by Gasteiger charge is 2.25. The van der Waals surface area contributed by atoms with Crippen LogP contribution in [0.3, 0.4) is 0 Å². The molecule has 0 saturated heterocycles. The molecule has 17 heavy (non-hydrogen) atoms. The number of aromatic nitrogens is 2. The minimum Gasteiger partial charge on any atom is -0.313 e. The third-order valence-corrected chi connectivity index (χ3v) is 4.30. The first-order valence-corrected chi connectivity index (χ1v) is 6.72. The number of nitrogens with zero attached hydrogens (tertiary/aromatic N) is 2. The molecule has 1 aromatic heterocycles. The van der Waals surface area contributed by atoms with Crippen LogP contribution in [0, 0.1) is 0 Å². The van der Waals surface area contributed by atoms with Gasteiger partial charge in [0.05, 0.1) is 0 Å². The van der Waals surface area contributed by atoms with Gasteiger partial charge in [-0.15, -0.1) is 10.2 Å². The van der Waals surface area contributed by atoms with Crippen molar-refractivity contribution in [2.75, 3.05) is 7.05 Å². The zero-order chi connectivity index (χ0) is 11.7. The zero-order valence-corrected chi connectivity index (χ0v) is 10.6. The van der Waals surface area contributed by atoms with E-state index in [9.17, 15) is 0 Å². The summed E-state index contributed by atoms with van der Waals surface area (Å²) in [6.07, 6.45) is 2.23. The standard InChI is InChI=1S/C13H15N3S/c1-14-8-12-15-16-13(17-12)11-6-9-4-2-3-5-10(9)7-11/h2-5,11,14H,6-8H2,1H3. The SMILES string of the molecule is CNCc1nnc(C2Cc3ccccc3C2)s1. The van der Waals surface area contributed by atoms with Gasteiger partial charge in [0, 0.05) is 12.5 Å². The Hall–Kier alpha value is -1.26. The Morgan fingerprint density at radius 3 is 2.59 bits per heavy atom. The van der Waals surface area contributed by atoms with E-state index in [1.165, 1.54) is 16.1 Å². The van der Waals surface area contributed by atoms with Gasteiger partial charge in [0.25, 0.3) is 0 Å². The Morgan fingerprint density at radius 1 is 1.24 bits per heavy atom. The van der Waals surface area contributed by atoms with Gasteiger partial charge in [-0.05, 0) is 31.0 Å². The first-order chi connectivity index (χ1) is 8.36. The van der Waals surface area contributed by atoms with Crippen molar-refractivity contribution in [1.29, 1.82) is 0 Å². The van der Waals surface area contributed by atoms with Gasteiger partial charge in [-0.2, -0.15) is 0 Å². The maximum absolute atomic E-state index is 4.33. The summed E-state index contributed by atoms with van der Waals surface area (Å²) in [6, 6.07) is 8.69. The number of fused-ring (bicyclic) bond motifs is 1. The van der Waals surface area contributed by atoms with Crippen molar-refractivity contribution in [3.63, 3.8) is 0 Å². The maximum Gasteiger partial charge on any atom is 0.131 e. The summed E-state index contributed by atoms with van der Waals surface area (Å²) in [7, 11) is 1.94. The normalized spacial score (nSPS) is 15.1. The second-order valence-electron chi connectivity index (χ2n) is 4.44. The van der Waals surface area contributed by atoms with Crippen LogP contribution in [0.2, 0.25) is 0 Å². The third kappa shape index (κ3) is 2.10. The van der Waals surface area contributed by atoms with Crippen molar-refractivity contribution >= 4 is 11.3 Å². The first-order valence-electron chi connectivity index (χ1n) is 5.90. The van der Waals surface area contributed by atoms with Crippen LogP contribution in [-0.4, -0.2) is 17.2 Å². The van der Waals surface area contributed by atoms with Crippen molar-refractivity contribution in [3.05, 3.63) is 45.4 Å². The van der Waals surface area contributed by atoms with Crippen molar-refractivity contribution in [1.82, 2.24) is 15.5 Å². The minimum atomic E-state index is 0.538. The zero-order valence-electron chi connectivity index (χ0n) is 9.81. The number of hydrogen-bond acceptors (Lipinski definition) is 4. The molecule has 1 aliphatic carbocycles. The minimum absolute atomic E-state index is 0.538. The van der Waals surface area contributed by atoms with Gasteiger partial charge in [-0.25, -0.2) is 0 Å². The molecule has 3 nitrogen and oxygen atoms in total. The molecule has 0 bridgehead atoms. The number of benzene rings is 1. The average molecular weight is 245 g/mol. The van der Waals surface area contributed by atoms with Gasteiger partial charge in [-0.1, -0.05) is 35.6 Å². The predicted molar refractivity (Wildman–Crippen MR) is 69.3 cm³/mol. The molecule has 0 radical (unpaired) electrons. The Labute approximate surface area is 105 Å². The quantitative estimate of drug-likeness (QED) is 0.900. The van der Waals surface area contributed by atoms with Crippen LogP contribution in [-0.2, 0) is 19.4 Å². The van der Waals surface area contributed by atoms with E-state index in [-0.39, 0.29) is 0 Å². The Kier molecular flexibility index (Phi) is 2.91. The van der Waals surface area contributed by atoms with Crippen LogP contribution in [0.1, 0.15) is 27.1 Å². The fourth-order valence-corrected chi connectivity index (χ4v) is 3.34. The molecule has 2 aromatic rings. The number of hydrogen-bond donors (Lipinski definition) is 1. The molecule has 1 N–H and O–H groups in total. The molecule has 0 spiro atoms. The highest BCUT2D eigenvalue weighted by atomic mass is 32.1. The summed E-state index contributed by atoms with van der Waals surface area (Å²) in [5.41, 5.74) is 2.95. The van der Waals surface area contributed by atoms with Crippen molar-refractivity contribution in [3.8, 4) is 0 Å². The van der Waals surface area contributed by atoms with Gasteiger partial charge < -0.3 is 5.32 Å². The van der Waals surface area contributed by atoms with Gasteiger partial charge >= 0.3 is 0 Å². The Morgan fingerprint density at radius 2 is 1.94 bits per heavy atom. The molecule has 0 atom stereocenters. The van der Waals surface area contributed by atoms with Crippen LogP contribution in [0.5, 0.6) is 0 Å². The van der Waals surface area contributed by atoms with Crippen LogP contribution < -0.4 is 5.32 Å². The van der Waals surface area contributed by atoms with E-state index in [2.05, 4.69) is 39.8 Å². The van der Waals surface area contributed by atoms with Crippen LogP contribution >= 0.6 is 11.3 Å². The lowest BCUT2D eigenvalue weighted by atomic mass is 10.1. The van der Waals surface area contributed by atoms with Gasteiger partial charge in [0.1, 0.15) is 10.0 Å². The second-order valence-corrected chi connectivity index (χ2v) is 5.53.